The van der Waals surface area contributed by atoms with Gasteiger partial charge in [0.05, 0.1) is 7.11 Å². The summed E-state index contributed by atoms with van der Waals surface area (Å²) in [6, 6.07) is 6.44. The number of rotatable bonds is 7. The first-order valence-corrected chi connectivity index (χ1v) is 7.32. The normalized spacial score (nSPS) is 10.5. The molecule has 2 aromatic rings. The largest absolute Gasteiger partial charge is 0.479 e. The van der Waals surface area contributed by atoms with Gasteiger partial charge in [-0.15, -0.1) is 0 Å². The highest BCUT2D eigenvalue weighted by atomic mass is 19.1. The van der Waals surface area contributed by atoms with E-state index in [2.05, 4.69) is 22.2 Å². The Bertz CT molecular complexity index is 616. The summed E-state index contributed by atoms with van der Waals surface area (Å²) in [6.45, 7) is 2.70. The van der Waals surface area contributed by atoms with E-state index in [0.29, 0.717) is 29.8 Å². The molecule has 0 fully saturated rings. The molecule has 6 heteroatoms. The molecular formula is C16H21FN4O. The number of anilines is 2. The molecule has 0 aliphatic rings. The Morgan fingerprint density at radius 2 is 1.91 bits per heavy atom. The molecule has 22 heavy (non-hydrogen) atoms. The number of nitrogen functional groups attached to an aromatic ring is 1. The Morgan fingerprint density at radius 3 is 2.55 bits per heavy atom. The van der Waals surface area contributed by atoms with Crippen molar-refractivity contribution in [3.8, 4) is 5.88 Å². The molecule has 0 spiro atoms. The van der Waals surface area contributed by atoms with E-state index in [-0.39, 0.29) is 5.82 Å². The van der Waals surface area contributed by atoms with Crippen LogP contribution in [0.4, 0.5) is 15.9 Å². The maximum Gasteiger partial charge on any atom is 0.242 e. The fourth-order valence-electron chi connectivity index (χ4n) is 2.10. The van der Waals surface area contributed by atoms with Gasteiger partial charge in [0.2, 0.25) is 5.88 Å². The number of halogens is 1. The van der Waals surface area contributed by atoms with Gasteiger partial charge in [-0.25, -0.2) is 9.37 Å². The number of methoxy groups -OCH3 is 1. The summed E-state index contributed by atoms with van der Waals surface area (Å²) >= 11 is 0. The van der Waals surface area contributed by atoms with Crippen molar-refractivity contribution >= 4 is 11.5 Å². The van der Waals surface area contributed by atoms with Crippen LogP contribution in [0.25, 0.3) is 0 Å². The number of hydrogen-bond donors (Lipinski definition) is 2. The van der Waals surface area contributed by atoms with E-state index >= 15 is 0 Å². The first-order chi connectivity index (χ1) is 10.6. The topological polar surface area (TPSA) is 73.1 Å². The molecule has 2 rings (SSSR count). The lowest BCUT2D eigenvalue weighted by molar-refractivity contribution is 0.397. The van der Waals surface area contributed by atoms with Crippen LogP contribution in [0.5, 0.6) is 5.88 Å². The van der Waals surface area contributed by atoms with Gasteiger partial charge in [-0.2, -0.15) is 4.98 Å². The minimum Gasteiger partial charge on any atom is -0.479 e. The van der Waals surface area contributed by atoms with Crippen LogP contribution in [0.3, 0.4) is 0 Å². The number of nitrogens with zero attached hydrogens (tertiary/aromatic N) is 2. The summed E-state index contributed by atoms with van der Waals surface area (Å²) in [7, 11) is 1.54. The van der Waals surface area contributed by atoms with Gasteiger partial charge in [0.1, 0.15) is 17.3 Å². The zero-order valence-electron chi connectivity index (χ0n) is 12.9. The maximum absolute atomic E-state index is 12.9. The molecule has 3 N–H and O–H groups in total. The number of nitrogens with two attached hydrogens (primary N) is 1. The van der Waals surface area contributed by atoms with Gasteiger partial charge in [0, 0.05) is 13.0 Å². The van der Waals surface area contributed by atoms with E-state index in [4.69, 9.17) is 10.5 Å². The van der Waals surface area contributed by atoms with Gasteiger partial charge in [-0.05, 0) is 30.5 Å². The molecule has 0 aliphatic carbocycles. The molecule has 5 nitrogen and oxygen atoms in total. The molecule has 1 aromatic heterocycles. The Morgan fingerprint density at radius 1 is 1.18 bits per heavy atom. The molecule has 0 unspecified atom stereocenters. The molecule has 0 atom stereocenters. The second kappa shape index (κ2) is 7.59. The van der Waals surface area contributed by atoms with Gasteiger partial charge in [0.25, 0.3) is 0 Å². The fourth-order valence-corrected chi connectivity index (χ4v) is 2.10. The first kappa shape index (κ1) is 16.0. The summed E-state index contributed by atoms with van der Waals surface area (Å²) in [5, 5.41) is 3.20. The molecule has 0 radical (unpaired) electrons. The average Bonchev–Trinajstić information content (AvgIpc) is 2.52. The lowest BCUT2D eigenvalue weighted by Crippen LogP contribution is -2.12. The van der Waals surface area contributed by atoms with Crippen molar-refractivity contribution in [3.63, 3.8) is 0 Å². The van der Waals surface area contributed by atoms with E-state index in [1.54, 1.807) is 12.1 Å². The summed E-state index contributed by atoms with van der Waals surface area (Å²) in [4.78, 5) is 8.71. The molecule has 0 amide bonds. The van der Waals surface area contributed by atoms with Crippen LogP contribution in [0.1, 0.15) is 24.7 Å². The predicted molar refractivity (Wildman–Crippen MR) is 85.6 cm³/mol. The molecule has 0 saturated heterocycles. The van der Waals surface area contributed by atoms with Crippen LogP contribution in [0, 0.1) is 5.82 Å². The minimum atomic E-state index is -0.231. The quantitative estimate of drug-likeness (QED) is 0.823. The number of aryl methyl sites for hydroxylation is 1. The second-order valence-corrected chi connectivity index (χ2v) is 4.96. The van der Waals surface area contributed by atoms with Crippen molar-refractivity contribution in [2.24, 2.45) is 0 Å². The third-order valence-corrected chi connectivity index (χ3v) is 3.24. The molecule has 118 valence electrons. The molecule has 0 aliphatic heterocycles. The lowest BCUT2D eigenvalue weighted by atomic mass is 10.1. The number of nitrogens with one attached hydrogen (secondary N) is 1. The third kappa shape index (κ3) is 4.07. The zero-order chi connectivity index (χ0) is 15.9. The van der Waals surface area contributed by atoms with E-state index in [1.807, 2.05) is 0 Å². The minimum absolute atomic E-state index is 0.231. The second-order valence-electron chi connectivity index (χ2n) is 4.96. The molecule has 0 bridgehead atoms. The van der Waals surface area contributed by atoms with Crippen molar-refractivity contribution in [1.82, 2.24) is 9.97 Å². The van der Waals surface area contributed by atoms with E-state index in [1.165, 1.54) is 19.2 Å². The zero-order valence-corrected chi connectivity index (χ0v) is 12.9. The summed E-state index contributed by atoms with van der Waals surface area (Å²) in [6.07, 6.45) is 2.46. The van der Waals surface area contributed by atoms with Crippen molar-refractivity contribution in [2.75, 3.05) is 24.7 Å². The highest BCUT2D eigenvalue weighted by molar-refractivity contribution is 5.66. The van der Waals surface area contributed by atoms with Crippen molar-refractivity contribution in [3.05, 3.63) is 41.5 Å². The number of benzene rings is 1. The van der Waals surface area contributed by atoms with Crippen LogP contribution in [-0.4, -0.2) is 23.6 Å². The van der Waals surface area contributed by atoms with Crippen LogP contribution in [0.15, 0.2) is 24.3 Å². The first-order valence-electron chi connectivity index (χ1n) is 7.32. The Balaban J connectivity index is 2.04. The number of aromatic nitrogens is 2. The van der Waals surface area contributed by atoms with Crippen LogP contribution < -0.4 is 15.8 Å². The highest BCUT2D eigenvalue weighted by Gasteiger charge is 2.11. The monoisotopic (exact) mass is 304 g/mol. The van der Waals surface area contributed by atoms with E-state index < -0.39 is 0 Å². The van der Waals surface area contributed by atoms with Gasteiger partial charge in [-0.3, -0.25) is 0 Å². The standard InChI is InChI=1S/C16H21FN4O/c1-3-4-13-20-15(14(18)16(21-13)22-2)19-10-9-11-5-7-12(17)8-6-11/h5-8H,3-4,9-10,18H2,1-2H3,(H,19,20,21). The Labute approximate surface area is 129 Å². The summed E-state index contributed by atoms with van der Waals surface area (Å²) < 4.78 is 18.1. The van der Waals surface area contributed by atoms with Crippen LogP contribution >= 0.6 is 0 Å². The van der Waals surface area contributed by atoms with Crippen LogP contribution in [-0.2, 0) is 12.8 Å². The highest BCUT2D eigenvalue weighted by Crippen LogP contribution is 2.26. The van der Waals surface area contributed by atoms with Gasteiger partial charge in [0.15, 0.2) is 5.82 Å². The Hall–Kier alpha value is -2.37. The smallest absolute Gasteiger partial charge is 0.242 e. The van der Waals surface area contributed by atoms with Gasteiger partial charge in [-0.1, -0.05) is 19.1 Å². The third-order valence-electron chi connectivity index (χ3n) is 3.24. The maximum atomic E-state index is 12.9. The molecule has 1 heterocycles. The molecule has 0 saturated carbocycles. The van der Waals surface area contributed by atoms with Gasteiger partial charge >= 0.3 is 0 Å². The SMILES string of the molecule is CCCc1nc(NCCc2ccc(F)cc2)c(N)c(OC)n1. The van der Waals surface area contributed by atoms with Crippen molar-refractivity contribution in [1.29, 1.82) is 0 Å². The fraction of sp³-hybridized carbons (Fsp3) is 0.375. The molecule has 1 aromatic carbocycles. The predicted octanol–water partition coefficient (Wildman–Crippen LogP) is 2.81. The van der Waals surface area contributed by atoms with E-state index in [0.717, 1.165) is 24.8 Å². The van der Waals surface area contributed by atoms with E-state index in [9.17, 15) is 4.39 Å². The number of ether oxygens (including phenoxy) is 1. The lowest BCUT2D eigenvalue weighted by Gasteiger charge is -2.12. The average molecular weight is 304 g/mol. The van der Waals surface area contributed by atoms with Gasteiger partial charge < -0.3 is 15.8 Å². The summed E-state index contributed by atoms with van der Waals surface area (Å²) in [5.41, 5.74) is 7.44. The van der Waals surface area contributed by atoms with Crippen molar-refractivity contribution in [2.45, 2.75) is 26.2 Å². The Kier molecular flexibility index (Phi) is 5.52. The molecular weight excluding hydrogens is 283 g/mol. The number of hydrogen-bond acceptors (Lipinski definition) is 5. The van der Waals surface area contributed by atoms with Crippen molar-refractivity contribution < 1.29 is 9.13 Å². The summed E-state index contributed by atoms with van der Waals surface area (Å²) in [5.74, 6) is 1.45. The van der Waals surface area contributed by atoms with Crippen LogP contribution in [0.2, 0.25) is 0 Å².